The highest BCUT2D eigenvalue weighted by atomic mass is 32.1. The molecule has 1 aromatic heterocycles. The molecule has 28 heavy (non-hydrogen) atoms. The van der Waals surface area contributed by atoms with Gasteiger partial charge in [0, 0.05) is 17.0 Å². The Hall–Kier alpha value is -2.77. The summed E-state index contributed by atoms with van der Waals surface area (Å²) < 4.78 is 18.5. The van der Waals surface area contributed by atoms with E-state index in [0.717, 1.165) is 10.4 Å². The Morgan fingerprint density at radius 3 is 2.61 bits per heavy atom. The predicted molar refractivity (Wildman–Crippen MR) is 116 cm³/mol. The number of ether oxygens (including phenoxy) is 1. The van der Waals surface area contributed by atoms with Crippen molar-refractivity contribution in [3.63, 3.8) is 0 Å². The van der Waals surface area contributed by atoms with E-state index in [4.69, 9.17) is 17.0 Å². The molecule has 0 radical (unpaired) electrons. The molecule has 3 aromatic rings. The van der Waals surface area contributed by atoms with Gasteiger partial charge in [0.05, 0.1) is 12.2 Å². The molecule has 0 unspecified atom stereocenters. The highest BCUT2D eigenvalue weighted by Crippen LogP contribution is 2.31. The number of carbonyl (C=O) groups is 1. The Balaban J connectivity index is 1.79. The van der Waals surface area contributed by atoms with Crippen LogP contribution in [-0.2, 0) is 11.2 Å². The lowest BCUT2D eigenvalue weighted by molar-refractivity contribution is 0.0528. The zero-order chi connectivity index (χ0) is 19.9. The SMILES string of the molecule is CCOC(=O)c1cc(Cc2ccccc2)sc1NC(=S)Nc1cccc(F)c1. The van der Waals surface area contributed by atoms with Crippen LogP contribution in [0.1, 0.15) is 27.7 Å². The maximum atomic E-state index is 13.3. The van der Waals surface area contributed by atoms with Gasteiger partial charge in [-0.15, -0.1) is 11.3 Å². The molecule has 0 bridgehead atoms. The van der Waals surface area contributed by atoms with Crippen LogP contribution in [0.15, 0.2) is 60.7 Å². The van der Waals surface area contributed by atoms with Gasteiger partial charge in [0.1, 0.15) is 10.8 Å². The molecule has 0 saturated heterocycles. The van der Waals surface area contributed by atoms with E-state index < -0.39 is 5.97 Å². The summed E-state index contributed by atoms with van der Waals surface area (Å²) in [6.07, 6.45) is 0.698. The van der Waals surface area contributed by atoms with E-state index >= 15 is 0 Å². The summed E-state index contributed by atoms with van der Waals surface area (Å²) in [7, 11) is 0. The summed E-state index contributed by atoms with van der Waals surface area (Å²) in [6, 6.07) is 17.8. The van der Waals surface area contributed by atoms with E-state index in [1.807, 2.05) is 36.4 Å². The maximum Gasteiger partial charge on any atom is 0.341 e. The van der Waals surface area contributed by atoms with Gasteiger partial charge in [0.2, 0.25) is 0 Å². The number of thiophene rings is 1. The molecular formula is C21H19FN2O2S2. The zero-order valence-corrected chi connectivity index (χ0v) is 16.8. The van der Waals surface area contributed by atoms with Crippen molar-refractivity contribution in [2.75, 3.05) is 17.2 Å². The van der Waals surface area contributed by atoms with Crippen molar-refractivity contribution < 1.29 is 13.9 Å². The number of rotatable bonds is 6. The van der Waals surface area contributed by atoms with Gasteiger partial charge in [-0.05, 0) is 49.0 Å². The fourth-order valence-corrected chi connectivity index (χ4v) is 3.98. The van der Waals surface area contributed by atoms with Crippen molar-refractivity contribution in [1.29, 1.82) is 0 Å². The second-order valence-corrected chi connectivity index (χ2v) is 7.47. The molecule has 0 aliphatic heterocycles. The van der Waals surface area contributed by atoms with Gasteiger partial charge in [-0.2, -0.15) is 0 Å². The Kier molecular flexibility index (Phi) is 6.73. The molecule has 0 aliphatic carbocycles. The maximum absolute atomic E-state index is 13.3. The predicted octanol–water partition coefficient (Wildman–Crippen LogP) is 5.46. The minimum Gasteiger partial charge on any atom is -0.462 e. The monoisotopic (exact) mass is 414 g/mol. The summed E-state index contributed by atoms with van der Waals surface area (Å²) in [5.41, 5.74) is 2.10. The van der Waals surface area contributed by atoms with Gasteiger partial charge in [-0.3, -0.25) is 0 Å². The summed E-state index contributed by atoms with van der Waals surface area (Å²) in [4.78, 5) is 13.4. The molecule has 0 aliphatic rings. The molecular weight excluding hydrogens is 395 g/mol. The number of hydrogen-bond donors (Lipinski definition) is 2. The molecule has 0 amide bonds. The molecule has 0 fully saturated rings. The van der Waals surface area contributed by atoms with Crippen LogP contribution in [0.2, 0.25) is 0 Å². The summed E-state index contributed by atoms with van der Waals surface area (Å²) in [5, 5.41) is 6.83. The zero-order valence-electron chi connectivity index (χ0n) is 15.2. The molecule has 2 N–H and O–H groups in total. The first kappa shape index (κ1) is 20.0. The summed E-state index contributed by atoms with van der Waals surface area (Å²) >= 11 is 6.76. The Bertz CT molecular complexity index is 974. The van der Waals surface area contributed by atoms with Gasteiger partial charge in [0.25, 0.3) is 0 Å². The first-order valence-electron chi connectivity index (χ1n) is 8.72. The van der Waals surface area contributed by atoms with Crippen molar-refractivity contribution >= 4 is 45.3 Å². The number of benzene rings is 2. The molecule has 4 nitrogen and oxygen atoms in total. The van der Waals surface area contributed by atoms with Crippen LogP contribution in [0.3, 0.4) is 0 Å². The van der Waals surface area contributed by atoms with E-state index in [2.05, 4.69) is 10.6 Å². The molecule has 2 aromatic carbocycles. The van der Waals surface area contributed by atoms with Crippen LogP contribution in [0.5, 0.6) is 0 Å². The minimum absolute atomic E-state index is 0.268. The fraction of sp³-hybridized carbons (Fsp3) is 0.143. The lowest BCUT2D eigenvalue weighted by atomic mass is 10.1. The third-order valence-corrected chi connectivity index (χ3v) is 5.06. The topological polar surface area (TPSA) is 50.4 Å². The average molecular weight is 415 g/mol. The van der Waals surface area contributed by atoms with Crippen LogP contribution < -0.4 is 10.6 Å². The number of esters is 1. The highest BCUT2D eigenvalue weighted by molar-refractivity contribution is 7.80. The Labute approximate surface area is 172 Å². The normalized spacial score (nSPS) is 10.4. The largest absolute Gasteiger partial charge is 0.462 e. The Morgan fingerprint density at radius 2 is 1.89 bits per heavy atom. The van der Waals surface area contributed by atoms with Crippen LogP contribution in [-0.4, -0.2) is 17.7 Å². The molecule has 144 valence electrons. The van der Waals surface area contributed by atoms with Crippen molar-refractivity contribution in [3.05, 3.63) is 82.5 Å². The average Bonchev–Trinajstić information content (AvgIpc) is 3.05. The first-order chi connectivity index (χ1) is 13.5. The van der Waals surface area contributed by atoms with Crippen LogP contribution in [0, 0.1) is 5.82 Å². The van der Waals surface area contributed by atoms with Gasteiger partial charge >= 0.3 is 5.97 Å². The van der Waals surface area contributed by atoms with Gasteiger partial charge in [0.15, 0.2) is 5.11 Å². The lowest BCUT2D eigenvalue weighted by Gasteiger charge is -2.10. The van der Waals surface area contributed by atoms with Crippen molar-refractivity contribution in [3.8, 4) is 0 Å². The lowest BCUT2D eigenvalue weighted by Crippen LogP contribution is -2.20. The van der Waals surface area contributed by atoms with Crippen LogP contribution in [0.4, 0.5) is 15.1 Å². The molecule has 7 heteroatoms. The molecule has 3 rings (SSSR count). The number of thiocarbonyl (C=S) groups is 1. The highest BCUT2D eigenvalue weighted by Gasteiger charge is 2.18. The number of nitrogens with one attached hydrogen (secondary N) is 2. The van der Waals surface area contributed by atoms with E-state index in [-0.39, 0.29) is 17.5 Å². The molecule has 0 atom stereocenters. The third kappa shape index (κ3) is 5.37. The van der Waals surface area contributed by atoms with Crippen molar-refractivity contribution in [1.82, 2.24) is 0 Å². The van der Waals surface area contributed by atoms with Crippen molar-refractivity contribution in [2.45, 2.75) is 13.3 Å². The quantitative estimate of drug-likeness (QED) is 0.414. The summed E-state index contributed by atoms with van der Waals surface area (Å²) in [6.45, 7) is 2.05. The smallest absolute Gasteiger partial charge is 0.341 e. The number of halogens is 1. The second-order valence-electron chi connectivity index (χ2n) is 5.93. The summed E-state index contributed by atoms with van der Waals surface area (Å²) in [5.74, 6) is -0.768. The molecule has 0 spiro atoms. The molecule has 1 heterocycles. The molecule has 0 saturated carbocycles. The number of hydrogen-bond acceptors (Lipinski definition) is 4. The number of carbonyl (C=O) groups excluding carboxylic acids is 1. The van der Waals surface area contributed by atoms with Gasteiger partial charge in [-0.25, -0.2) is 9.18 Å². The first-order valence-corrected chi connectivity index (χ1v) is 9.95. The van der Waals surface area contributed by atoms with Crippen molar-refractivity contribution in [2.24, 2.45) is 0 Å². The van der Waals surface area contributed by atoms with E-state index in [0.29, 0.717) is 22.7 Å². The van der Waals surface area contributed by atoms with Crippen LogP contribution in [0.25, 0.3) is 0 Å². The Morgan fingerprint density at radius 1 is 1.11 bits per heavy atom. The third-order valence-electron chi connectivity index (χ3n) is 3.81. The van der Waals surface area contributed by atoms with Crippen LogP contribution >= 0.6 is 23.6 Å². The van der Waals surface area contributed by atoms with E-state index in [1.54, 1.807) is 19.1 Å². The standard InChI is InChI=1S/C21H19FN2O2S2/c1-2-26-20(25)18-13-17(11-14-7-4-3-5-8-14)28-19(18)24-21(27)23-16-10-6-9-15(22)12-16/h3-10,12-13H,2,11H2,1H3,(H2,23,24,27). The van der Waals surface area contributed by atoms with Gasteiger partial charge < -0.3 is 15.4 Å². The fourth-order valence-electron chi connectivity index (χ4n) is 2.61. The van der Waals surface area contributed by atoms with E-state index in [9.17, 15) is 9.18 Å². The number of anilines is 2. The second kappa shape index (κ2) is 9.43. The minimum atomic E-state index is -0.408. The van der Waals surface area contributed by atoms with E-state index in [1.165, 1.54) is 23.5 Å². The van der Waals surface area contributed by atoms with Gasteiger partial charge in [-0.1, -0.05) is 36.4 Å².